The first-order chi connectivity index (χ1) is 9.65. The van der Waals surface area contributed by atoms with Crippen molar-refractivity contribution in [3.8, 4) is 5.75 Å². The molecule has 0 saturated carbocycles. The summed E-state index contributed by atoms with van der Waals surface area (Å²) in [6.07, 6.45) is 3.36. The highest BCUT2D eigenvalue weighted by molar-refractivity contribution is 9.13. The van der Waals surface area contributed by atoms with Crippen LogP contribution in [0.15, 0.2) is 38.1 Å². The van der Waals surface area contributed by atoms with Crippen molar-refractivity contribution >= 4 is 31.9 Å². The van der Waals surface area contributed by atoms with Crippen LogP contribution in [-0.2, 0) is 19.4 Å². The Hall–Kier alpha value is -1.14. The average molecular weight is 400 g/mol. The Morgan fingerprint density at radius 3 is 3.05 bits per heavy atom. The Bertz CT molecular complexity index is 713. The Kier molecular flexibility index (Phi) is 3.94. The van der Waals surface area contributed by atoms with Crippen LogP contribution in [0, 0.1) is 0 Å². The van der Waals surface area contributed by atoms with Gasteiger partial charge in [0.1, 0.15) is 10.2 Å². The predicted molar refractivity (Wildman–Crippen MR) is 83.2 cm³/mol. The van der Waals surface area contributed by atoms with E-state index in [-0.39, 0.29) is 5.56 Å². The molecule has 0 radical (unpaired) electrons. The molecular formula is C14H12Br2N2O2. The van der Waals surface area contributed by atoms with E-state index < -0.39 is 0 Å². The van der Waals surface area contributed by atoms with Gasteiger partial charge in [0, 0.05) is 13.0 Å². The minimum atomic E-state index is -0.121. The number of aryl methyl sites for hydroxylation is 2. The van der Waals surface area contributed by atoms with E-state index in [1.807, 2.05) is 12.1 Å². The van der Waals surface area contributed by atoms with E-state index in [0.717, 1.165) is 25.2 Å². The summed E-state index contributed by atoms with van der Waals surface area (Å²) >= 11 is 6.53. The first kappa shape index (κ1) is 13.8. The van der Waals surface area contributed by atoms with Gasteiger partial charge in [-0.2, -0.15) is 5.10 Å². The lowest BCUT2D eigenvalue weighted by atomic mass is 10.1. The highest BCUT2D eigenvalue weighted by Crippen LogP contribution is 2.26. The van der Waals surface area contributed by atoms with Gasteiger partial charge in [-0.05, 0) is 55.5 Å². The normalized spacial score (nSPS) is 13.1. The molecule has 104 valence electrons. The van der Waals surface area contributed by atoms with Crippen LogP contribution in [0.25, 0.3) is 0 Å². The second-order valence-corrected chi connectivity index (χ2v) is 6.27. The van der Waals surface area contributed by atoms with Gasteiger partial charge in [-0.15, -0.1) is 0 Å². The largest absolute Gasteiger partial charge is 0.493 e. The topological polar surface area (TPSA) is 44.1 Å². The number of hydrogen-bond acceptors (Lipinski definition) is 3. The smallest absolute Gasteiger partial charge is 0.282 e. The Morgan fingerprint density at radius 1 is 1.35 bits per heavy atom. The Balaban J connectivity index is 1.77. The van der Waals surface area contributed by atoms with Crippen LogP contribution in [0.1, 0.15) is 11.1 Å². The molecular weight excluding hydrogens is 388 g/mol. The van der Waals surface area contributed by atoms with Crippen molar-refractivity contribution in [1.29, 1.82) is 0 Å². The van der Waals surface area contributed by atoms with Crippen molar-refractivity contribution in [2.75, 3.05) is 6.61 Å². The molecule has 1 aromatic carbocycles. The molecule has 0 aliphatic carbocycles. The minimum absolute atomic E-state index is 0.121. The standard InChI is InChI=1S/C14H12Br2N2O2/c15-11-8-17-18(14(19)13(11)16)5-3-9-1-2-12-10(7-9)4-6-20-12/h1-2,7-8H,3-6H2. The molecule has 0 amide bonds. The Morgan fingerprint density at radius 2 is 2.20 bits per heavy atom. The van der Waals surface area contributed by atoms with E-state index in [2.05, 4.69) is 43.0 Å². The fourth-order valence-corrected chi connectivity index (χ4v) is 2.80. The molecule has 0 N–H and O–H groups in total. The molecule has 1 aliphatic heterocycles. The Labute approximate surface area is 133 Å². The summed E-state index contributed by atoms with van der Waals surface area (Å²) in [6.45, 7) is 1.32. The maximum absolute atomic E-state index is 12.0. The zero-order chi connectivity index (χ0) is 14.1. The van der Waals surface area contributed by atoms with Crippen molar-refractivity contribution in [2.45, 2.75) is 19.4 Å². The number of halogens is 2. The van der Waals surface area contributed by atoms with Gasteiger partial charge in [-0.25, -0.2) is 4.68 Å². The van der Waals surface area contributed by atoms with Crippen LogP contribution in [0.4, 0.5) is 0 Å². The third-order valence-corrected chi connectivity index (χ3v) is 5.21. The first-order valence-electron chi connectivity index (χ1n) is 6.31. The second-order valence-electron chi connectivity index (χ2n) is 4.63. The second kappa shape index (κ2) is 5.69. The third kappa shape index (κ3) is 2.67. The number of fused-ring (bicyclic) bond motifs is 1. The molecule has 3 rings (SSSR count). The quantitative estimate of drug-likeness (QED) is 0.796. The lowest BCUT2D eigenvalue weighted by Crippen LogP contribution is -2.24. The molecule has 1 aromatic heterocycles. The summed E-state index contributed by atoms with van der Waals surface area (Å²) in [5.74, 6) is 0.982. The summed E-state index contributed by atoms with van der Waals surface area (Å²) in [5.41, 5.74) is 2.32. The maximum atomic E-state index is 12.0. The van der Waals surface area contributed by atoms with Crippen LogP contribution in [0.3, 0.4) is 0 Å². The van der Waals surface area contributed by atoms with Gasteiger partial charge in [0.25, 0.3) is 5.56 Å². The van der Waals surface area contributed by atoms with E-state index >= 15 is 0 Å². The van der Waals surface area contributed by atoms with E-state index in [1.54, 1.807) is 6.20 Å². The third-order valence-electron chi connectivity index (χ3n) is 3.31. The van der Waals surface area contributed by atoms with Crippen molar-refractivity contribution < 1.29 is 4.74 Å². The number of hydrogen-bond donors (Lipinski definition) is 0. The summed E-state index contributed by atoms with van der Waals surface area (Å²) in [5, 5.41) is 4.13. The lowest BCUT2D eigenvalue weighted by molar-refractivity contribution is 0.357. The van der Waals surface area contributed by atoms with Crippen LogP contribution >= 0.6 is 31.9 Å². The average Bonchev–Trinajstić information content (AvgIpc) is 2.91. The van der Waals surface area contributed by atoms with Crippen molar-refractivity contribution in [3.63, 3.8) is 0 Å². The zero-order valence-corrected chi connectivity index (χ0v) is 13.8. The van der Waals surface area contributed by atoms with Gasteiger partial charge in [0.2, 0.25) is 0 Å². The highest BCUT2D eigenvalue weighted by atomic mass is 79.9. The molecule has 4 nitrogen and oxygen atoms in total. The number of ether oxygens (including phenoxy) is 1. The van der Waals surface area contributed by atoms with Gasteiger partial charge in [-0.1, -0.05) is 12.1 Å². The fraction of sp³-hybridized carbons (Fsp3) is 0.286. The van der Waals surface area contributed by atoms with Gasteiger partial charge in [0.15, 0.2) is 0 Å². The van der Waals surface area contributed by atoms with E-state index in [1.165, 1.54) is 15.8 Å². The monoisotopic (exact) mass is 398 g/mol. The summed E-state index contributed by atoms with van der Waals surface area (Å²) < 4.78 is 8.14. The molecule has 6 heteroatoms. The van der Waals surface area contributed by atoms with Gasteiger partial charge < -0.3 is 4.74 Å². The van der Waals surface area contributed by atoms with E-state index in [4.69, 9.17) is 4.74 Å². The van der Waals surface area contributed by atoms with Crippen LogP contribution < -0.4 is 10.3 Å². The maximum Gasteiger partial charge on any atom is 0.282 e. The highest BCUT2D eigenvalue weighted by Gasteiger charge is 2.12. The van der Waals surface area contributed by atoms with Crippen molar-refractivity contribution in [2.24, 2.45) is 0 Å². The van der Waals surface area contributed by atoms with Gasteiger partial charge in [-0.3, -0.25) is 4.79 Å². The lowest BCUT2D eigenvalue weighted by Gasteiger charge is -2.07. The number of aromatic nitrogens is 2. The fourth-order valence-electron chi connectivity index (χ4n) is 2.23. The predicted octanol–water partition coefficient (Wildman–Crippen LogP) is 2.95. The summed E-state index contributed by atoms with van der Waals surface area (Å²) in [4.78, 5) is 12.0. The number of nitrogens with zero attached hydrogens (tertiary/aromatic N) is 2. The molecule has 2 aromatic rings. The van der Waals surface area contributed by atoms with Crippen molar-refractivity contribution in [1.82, 2.24) is 9.78 Å². The molecule has 0 unspecified atom stereocenters. The molecule has 1 aliphatic rings. The number of rotatable bonds is 3. The molecule has 20 heavy (non-hydrogen) atoms. The van der Waals surface area contributed by atoms with E-state index in [0.29, 0.717) is 15.5 Å². The van der Waals surface area contributed by atoms with Crippen molar-refractivity contribution in [3.05, 3.63) is 54.8 Å². The SMILES string of the molecule is O=c1c(Br)c(Br)cnn1CCc1ccc2c(c1)CCO2. The molecule has 0 saturated heterocycles. The molecule has 2 heterocycles. The first-order valence-corrected chi connectivity index (χ1v) is 7.89. The van der Waals surface area contributed by atoms with Crippen LogP contribution in [0.2, 0.25) is 0 Å². The van der Waals surface area contributed by atoms with E-state index in [9.17, 15) is 4.79 Å². The minimum Gasteiger partial charge on any atom is -0.493 e. The molecule has 0 fully saturated rings. The van der Waals surface area contributed by atoms with Crippen LogP contribution in [0.5, 0.6) is 5.75 Å². The van der Waals surface area contributed by atoms with Gasteiger partial charge in [0.05, 0.1) is 17.3 Å². The molecule has 0 atom stereocenters. The summed E-state index contributed by atoms with van der Waals surface area (Å²) in [7, 11) is 0. The number of benzene rings is 1. The van der Waals surface area contributed by atoms with Crippen LogP contribution in [-0.4, -0.2) is 16.4 Å². The molecule has 0 spiro atoms. The summed E-state index contributed by atoms with van der Waals surface area (Å²) in [6, 6.07) is 6.20. The zero-order valence-electron chi connectivity index (χ0n) is 10.6. The van der Waals surface area contributed by atoms with Gasteiger partial charge >= 0.3 is 0 Å². The molecule has 0 bridgehead atoms.